The molecule has 3 heteroatoms. The van der Waals surface area contributed by atoms with Crippen LogP contribution in [0.2, 0.25) is 0 Å². The molecule has 14 heavy (non-hydrogen) atoms. The van der Waals surface area contributed by atoms with Gasteiger partial charge < -0.3 is 14.9 Å². The highest BCUT2D eigenvalue weighted by atomic mass is 16.5. The predicted octanol–water partition coefficient (Wildman–Crippen LogP) is 1.71. The van der Waals surface area contributed by atoms with Crippen LogP contribution in [0.3, 0.4) is 0 Å². The van der Waals surface area contributed by atoms with E-state index in [2.05, 4.69) is 0 Å². The van der Waals surface area contributed by atoms with Gasteiger partial charge >= 0.3 is 0 Å². The van der Waals surface area contributed by atoms with E-state index < -0.39 is 0 Å². The zero-order valence-electron chi connectivity index (χ0n) is 8.58. The molecule has 2 rings (SSSR count). The fourth-order valence-corrected chi connectivity index (χ4v) is 1.78. The van der Waals surface area contributed by atoms with Gasteiger partial charge in [-0.05, 0) is 30.9 Å². The number of nitrogens with two attached hydrogens (primary N) is 1. The van der Waals surface area contributed by atoms with Crippen LogP contribution in [0.15, 0.2) is 16.7 Å². The highest BCUT2D eigenvalue weighted by molar-refractivity contribution is 5.19. The van der Waals surface area contributed by atoms with Crippen LogP contribution >= 0.6 is 0 Å². The molecule has 0 spiro atoms. The molecule has 0 saturated heterocycles. The van der Waals surface area contributed by atoms with Crippen LogP contribution in [0.5, 0.6) is 0 Å². The topological polar surface area (TPSA) is 48.4 Å². The Hall–Kier alpha value is -0.800. The Morgan fingerprint density at radius 2 is 2.36 bits per heavy atom. The van der Waals surface area contributed by atoms with Gasteiger partial charge in [0.25, 0.3) is 0 Å². The number of hydrogen-bond donors (Lipinski definition) is 1. The van der Waals surface area contributed by atoms with E-state index in [0.717, 1.165) is 24.3 Å². The Bertz CT molecular complexity index is 302. The molecule has 3 nitrogen and oxygen atoms in total. The molecule has 1 fully saturated rings. The van der Waals surface area contributed by atoms with Crippen molar-refractivity contribution in [3.63, 3.8) is 0 Å². The van der Waals surface area contributed by atoms with Gasteiger partial charge in [-0.15, -0.1) is 0 Å². The van der Waals surface area contributed by atoms with E-state index in [9.17, 15) is 0 Å². The van der Waals surface area contributed by atoms with Gasteiger partial charge in [-0.3, -0.25) is 0 Å². The van der Waals surface area contributed by atoms with Crippen LogP contribution in [0.1, 0.15) is 24.2 Å². The van der Waals surface area contributed by atoms with E-state index >= 15 is 0 Å². The van der Waals surface area contributed by atoms with E-state index in [0.29, 0.717) is 12.0 Å². The lowest BCUT2D eigenvalue weighted by Crippen LogP contribution is -2.18. The fraction of sp³-hybridized carbons (Fsp3) is 0.636. The third kappa shape index (κ3) is 1.83. The summed E-state index contributed by atoms with van der Waals surface area (Å²) < 4.78 is 10.6. The molecule has 0 aromatic carbocycles. The van der Waals surface area contributed by atoms with Gasteiger partial charge in [0, 0.05) is 19.1 Å². The van der Waals surface area contributed by atoms with Gasteiger partial charge in [0.2, 0.25) is 0 Å². The predicted molar refractivity (Wildman–Crippen MR) is 53.8 cm³/mol. The maximum atomic E-state index is 5.74. The Morgan fingerprint density at radius 3 is 2.93 bits per heavy atom. The van der Waals surface area contributed by atoms with Crippen LogP contribution in [-0.4, -0.2) is 13.7 Å². The zero-order valence-corrected chi connectivity index (χ0v) is 8.58. The maximum Gasteiger partial charge on any atom is 0.109 e. The second-order valence-corrected chi connectivity index (χ2v) is 4.18. The molecule has 0 amide bonds. The summed E-state index contributed by atoms with van der Waals surface area (Å²) in [6.07, 6.45) is 5.17. The summed E-state index contributed by atoms with van der Waals surface area (Å²) in [6.45, 7) is 1.40. The molecule has 1 aromatic heterocycles. The number of methoxy groups -OCH3 is 1. The molecular formula is C11H17NO2. The fourth-order valence-electron chi connectivity index (χ4n) is 1.78. The molecule has 0 unspecified atom stereocenters. The number of ether oxygens (including phenoxy) is 1. The summed E-state index contributed by atoms with van der Waals surface area (Å²) >= 11 is 0. The van der Waals surface area contributed by atoms with Crippen LogP contribution in [-0.2, 0) is 17.8 Å². The lowest BCUT2D eigenvalue weighted by Gasteiger charge is -2.10. The van der Waals surface area contributed by atoms with Gasteiger partial charge in [0.15, 0.2) is 0 Å². The van der Waals surface area contributed by atoms with Crippen LogP contribution in [0.4, 0.5) is 0 Å². The quantitative estimate of drug-likeness (QED) is 0.778. The Morgan fingerprint density at radius 1 is 1.57 bits per heavy atom. The van der Waals surface area contributed by atoms with E-state index in [1.165, 1.54) is 12.8 Å². The average Bonchev–Trinajstić information content (AvgIpc) is 2.84. The number of furan rings is 1. The number of hydrogen-bond acceptors (Lipinski definition) is 3. The first kappa shape index (κ1) is 9.74. The highest BCUT2D eigenvalue weighted by Crippen LogP contribution is 2.47. The smallest absolute Gasteiger partial charge is 0.109 e. The summed E-state index contributed by atoms with van der Waals surface area (Å²) in [6, 6.07) is 1.98. The van der Waals surface area contributed by atoms with Crippen LogP contribution in [0.25, 0.3) is 0 Å². The lowest BCUT2D eigenvalue weighted by molar-refractivity contribution is 0.182. The van der Waals surface area contributed by atoms with Gasteiger partial charge in [0.05, 0.1) is 12.9 Å². The van der Waals surface area contributed by atoms with Crippen LogP contribution < -0.4 is 5.73 Å². The summed E-state index contributed by atoms with van der Waals surface area (Å²) in [5, 5.41) is 0. The maximum absolute atomic E-state index is 5.74. The monoisotopic (exact) mass is 195 g/mol. The minimum Gasteiger partial charge on any atom is -0.469 e. The largest absolute Gasteiger partial charge is 0.469 e. The van der Waals surface area contributed by atoms with Crippen molar-refractivity contribution in [2.75, 3.05) is 13.7 Å². The molecule has 0 radical (unpaired) electrons. The van der Waals surface area contributed by atoms with Crippen molar-refractivity contribution in [2.24, 2.45) is 11.1 Å². The first-order chi connectivity index (χ1) is 6.79. The van der Waals surface area contributed by atoms with Gasteiger partial charge in [-0.25, -0.2) is 0 Å². The molecule has 0 atom stereocenters. The van der Waals surface area contributed by atoms with E-state index in [4.69, 9.17) is 14.9 Å². The standard InChI is InChI=1S/C11H17NO2/c1-13-7-9-2-5-14-10(9)6-11(8-12)3-4-11/h2,5H,3-4,6-8,12H2,1H3. The minimum absolute atomic E-state index is 0.334. The van der Waals surface area contributed by atoms with Crippen LogP contribution in [0, 0.1) is 5.41 Å². The summed E-state index contributed by atoms with van der Waals surface area (Å²) in [7, 11) is 1.70. The molecule has 1 saturated carbocycles. The van der Waals surface area contributed by atoms with Crippen molar-refractivity contribution < 1.29 is 9.15 Å². The molecule has 1 aromatic rings. The molecule has 1 heterocycles. The first-order valence-electron chi connectivity index (χ1n) is 5.04. The second-order valence-electron chi connectivity index (χ2n) is 4.18. The lowest BCUT2D eigenvalue weighted by atomic mass is 9.99. The minimum atomic E-state index is 0.334. The van der Waals surface area contributed by atoms with Crippen molar-refractivity contribution in [3.05, 3.63) is 23.7 Å². The van der Waals surface area contributed by atoms with Gasteiger partial charge in [-0.1, -0.05) is 0 Å². The zero-order chi connectivity index (χ0) is 10.0. The van der Waals surface area contributed by atoms with Crippen molar-refractivity contribution in [1.82, 2.24) is 0 Å². The average molecular weight is 195 g/mol. The van der Waals surface area contributed by atoms with Crippen molar-refractivity contribution in [1.29, 1.82) is 0 Å². The Balaban J connectivity index is 2.05. The third-order valence-corrected chi connectivity index (χ3v) is 3.06. The Kier molecular flexibility index (Phi) is 2.61. The van der Waals surface area contributed by atoms with Crippen molar-refractivity contribution in [2.45, 2.75) is 25.9 Å². The molecule has 2 N–H and O–H groups in total. The molecular weight excluding hydrogens is 178 g/mol. The van der Waals surface area contributed by atoms with E-state index in [1.54, 1.807) is 13.4 Å². The SMILES string of the molecule is COCc1ccoc1CC1(CN)CC1. The number of rotatable bonds is 5. The Labute approximate surface area is 84.2 Å². The van der Waals surface area contributed by atoms with Crippen molar-refractivity contribution >= 4 is 0 Å². The van der Waals surface area contributed by atoms with Gasteiger partial charge in [-0.2, -0.15) is 0 Å². The molecule has 1 aliphatic rings. The van der Waals surface area contributed by atoms with E-state index in [-0.39, 0.29) is 0 Å². The van der Waals surface area contributed by atoms with Gasteiger partial charge in [0.1, 0.15) is 5.76 Å². The van der Waals surface area contributed by atoms with Crippen molar-refractivity contribution in [3.8, 4) is 0 Å². The molecule has 1 aliphatic carbocycles. The molecule has 0 aliphatic heterocycles. The normalized spacial score (nSPS) is 18.4. The molecule has 0 bridgehead atoms. The molecule has 78 valence electrons. The van der Waals surface area contributed by atoms with E-state index in [1.807, 2.05) is 6.07 Å². The summed E-state index contributed by atoms with van der Waals surface area (Å²) in [5.74, 6) is 1.05. The third-order valence-electron chi connectivity index (χ3n) is 3.06. The first-order valence-corrected chi connectivity index (χ1v) is 5.04. The second kappa shape index (κ2) is 3.75. The summed E-state index contributed by atoms with van der Waals surface area (Å²) in [5.41, 5.74) is 7.23. The highest BCUT2D eigenvalue weighted by Gasteiger charge is 2.42. The summed E-state index contributed by atoms with van der Waals surface area (Å²) in [4.78, 5) is 0.